The van der Waals surface area contributed by atoms with Crippen molar-refractivity contribution in [3.63, 3.8) is 0 Å². The van der Waals surface area contributed by atoms with Crippen molar-refractivity contribution in [3.8, 4) is 6.07 Å². The second-order valence-corrected chi connectivity index (χ2v) is 5.43. The van der Waals surface area contributed by atoms with Crippen LogP contribution in [0.1, 0.15) is 26.3 Å². The monoisotopic (exact) mass is 257 g/mol. The number of benzene rings is 1. The molecular weight excluding hydrogens is 242 g/mol. The molecule has 0 bridgehead atoms. The van der Waals surface area contributed by atoms with Crippen molar-refractivity contribution >= 4 is 17.6 Å². The molecule has 19 heavy (non-hydrogen) atoms. The van der Waals surface area contributed by atoms with E-state index in [1.165, 1.54) is 4.90 Å². The lowest BCUT2D eigenvalue weighted by atomic mass is 10.1. The molecule has 0 atom stereocenters. The van der Waals surface area contributed by atoms with Crippen LogP contribution < -0.4 is 4.90 Å². The Bertz CT molecular complexity index is 564. The molecule has 1 aromatic carbocycles. The van der Waals surface area contributed by atoms with Gasteiger partial charge < -0.3 is 4.90 Å². The van der Waals surface area contributed by atoms with E-state index in [0.29, 0.717) is 11.3 Å². The van der Waals surface area contributed by atoms with E-state index in [9.17, 15) is 9.59 Å². The third-order valence-corrected chi connectivity index (χ3v) is 3.03. The van der Waals surface area contributed by atoms with Crippen LogP contribution in [0.3, 0.4) is 0 Å². The Morgan fingerprint density at radius 1 is 1.16 bits per heavy atom. The third-order valence-electron chi connectivity index (χ3n) is 3.03. The fourth-order valence-electron chi connectivity index (χ4n) is 1.96. The first kappa shape index (κ1) is 13.1. The number of carbonyl (C=O) groups is 2. The quantitative estimate of drug-likeness (QED) is 0.724. The summed E-state index contributed by atoms with van der Waals surface area (Å²) in [5.74, 6) is -0.246. The Hall–Kier alpha value is -2.35. The van der Waals surface area contributed by atoms with Gasteiger partial charge in [0.2, 0.25) is 0 Å². The zero-order chi connectivity index (χ0) is 14.2. The molecule has 0 N–H and O–H groups in total. The summed E-state index contributed by atoms with van der Waals surface area (Å²) in [6.07, 6.45) is 0. The van der Waals surface area contributed by atoms with Crippen LogP contribution in [0.15, 0.2) is 24.3 Å². The van der Waals surface area contributed by atoms with Gasteiger partial charge >= 0.3 is 6.03 Å². The Kier molecular flexibility index (Phi) is 3.03. The van der Waals surface area contributed by atoms with E-state index < -0.39 is 5.54 Å². The lowest BCUT2D eigenvalue weighted by Crippen LogP contribution is -2.44. The van der Waals surface area contributed by atoms with Crippen LogP contribution in [-0.2, 0) is 4.79 Å². The van der Waals surface area contributed by atoms with Gasteiger partial charge in [-0.3, -0.25) is 4.79 Å². The second-order valence-electron chi connectivity index (χ2n) is 5.43. The van der Waals surface area contributed by atoms with Crippen molar-refractivity contribution < 1.29 is 9.59 Å². The zero-order valence-corrected chi connectivity index (χ0v) is 11.2. The van der Waals surface area contributed by atoms with Crippen LogP contribution in [-0.4, -0.2) is 28.9 Å². The van der Waals surface area contributed by atoms with Crippen molar-refractivity contribution in [2.45, 2.75) is 26.3 Å². The summed E-state index contributed by atoms with van der Waals surface area (Å²) in [6.45, 7) is 5.75. The molecule has 1 heterocycles. The summed E-state index contributed by atoms with van der Waals surface area (Å²) in [4.78, 5) is 27.0. The van der Waals surface area contributed by atoms with E-state index in [1.807, 2.05) is 26.8 Å². The van der Waals surface area contributed by atoms with Gasteiger partial charge in [0.1, 0.15) is 6.54 Å². The summed E-state index contributed by atoms with van der Waals surface area (Å²) < 4.78 is 0. The third kappa shape index (κ3) is 2.29. The minimum Gasteiger partial charge on any atom is -0.310 e. The summed E-state index contributed by atoms with van der Waals surface area (Å²) in [7, 11) is 0. The number of imide groups is 1. The molecular formula is C14H15N3O2. The molecule has 1 aromatic rings. The first-order valence-electron chi connectivity index (χ1n) is 5.99. The van der Waals surface area contributed by atoms with Crippen LogP contribution in [0.25, 0.3) is 0 Å². The number of rotatable bonds is 1. The molecule has 0 radical (unpaired) electrons. The molecule has 0 aromatic heterocycles. The molecule has 5 nitrogen and oxygen atoms in total. The van der Waals surface area contributed by atoms with Crippen molar-refractivity contribution in [2.75, 3.05) is 11.4 Å². The van der Waals surface area contributed by atoms with Gasteiger partial charge in [0.05, 0.1) is 17.3 Å². The molecule has 0 saturated carbocycles. The molecule has 0 spiro atoms. The Labute approximate surface area is 112 Å². The lowest BCUT2D eigenvalue weighted by Gasteiger charge is -2.30. The predicted molar refractivity (Wildman–Crippen MR) is 70.5 cm³/mol. The smallest absolute Gasteiger partial charge is 0.310 e. The molecule has 1 fully saturated rings. The molecule has 1 aliphatic rings. The van der Waals surface area contributed by atoms with Gasteiger partial charge in [-0.25, -0.2) is 9.69 Å². The number of anilines is 1. The standard InChI is InChI=1S/C14H15N3O2/c1-14(2,3)16-9-12(18)17(13(16)19)11-6-4-10(8-15)5-7-11/h4-7H,9H2,1-3H3. The molecule has 98 valence electrons. The molecule has 3 amide bonds. The van der Waals surface area contributed by atoms with Crippen molar-refractivity contribution in [1.82, 2.24) is 4.90 Å². The van der Waals surface area contributed by atoms with Crippen LogP contribution in [0, 0.1) is 11.3 Å². The second kappa shape index (κ2) is 4.39. The number of hydrogen-bond donors (Lipinski definition) is 0. The van der Waals surface area contributed by atoms with Gasteiger partial charge in [-0.15, -0.1) is 0 Å². The first-order chi connectivity index (χ1) is 8.84. The fourth-order valence-corrected chi connectivity index (χ4v) is 1.96. The number of carbonyl (C=O) groups excluding carboxylic acids is 2. The molecule has 1 aliphatic heterocycles. The SMILES string of the molecule is CC(C)(C)N1CC(=O)N(c2ccc(C#N)cc2)C1=O. The van der Waals surface area contributed by atoms with Crippen LogP contribution >= 0.6 is 0 Å². The Balaban J connectivity index is 2.33. The Morgan fingerprint density at radius 3 is 2.16 bits per heavy atom. The molecule has 2 rings (SSSR count). The van der Waals surface area contributed by atoms with Gasteiger partial charge in [0.15, 0.2) is 0 Å². The summed E-state index contributed by atoms with van der Waals surface area (Å²) in [5, 5.41) is 8.74. The van der Waals surface area contributed by atoms with E-state index in [1.54, 1.807) is 24.3 Å². The minimum absolute atomic E-state index is 0.0856. The zero-order valence-electron chi connectivity index (χ0n) is 11.2. The summed E-state index contributed by atoms with van der Waals surface area (Å²) in [6, 6.07) is 8.09. The lowest BCUT2D eigenvalue weighted by molar-refractivity contribution is -0.117. The van der Waals surface area contributed by atoms with Gasteiger partial charge in [-0.2, -0.15) is 5.26 Å². The maximum absolute atomic E-state index is 12.3. The average molecular weight is 257 g/mol. The van der Waals surface area contributed by atoms with Gasteiger partial charge in [0.25, 0.3) is 5.91 Å². The Morgan fingerprint density at radius 2 is 1.74 bits per heavy atom. The number of nitrogens with zero attached hydrogens (tertiary/aromatic N) is 3. The van der Waals surface area contributed by atoms with Crippen LogP contribution in [0.4, 0.5) is 10.5 Å². The first-order valence-corrected chi connectivity index (χ1v) is 5.99. The van der Waals surface area contributed by atoms with Crippen molar-refractivity contribution in [2.24, 2.45) is 0 Å². The van der Waals surface area contributed by atoms with E-state index in [4.69, 9.17) is 5.26 Å². The number of hydrogen-bond acceptors (Lipinski definition) is 3. The van der Waals surface area contributed by atoms with Gasteiger partial charge in [0, 0.05) is 5.54 Å². The fraction of sp³-hybridized carbons (Fsp3) is 0.357. The molecule has 0 aliphatic carbocycles. The minimum atomic E-state index is -0.395. The maximum Gasteiger partial charge on any atom is 0.332 e. The summed E-state index contributed by atoms with van der Waals surface area (Å²) >= 11 is 0. The van der Waals surface area contributed by atoms with E-state index in [-0.39, 0.29) is 18.5 Å². The number of urea groups is 1. The largest absolute Gasteiger partial charge is 0.332 e. The van der Waals surface area contributed by atoms with Gasteiger partial charge in [-0.1, -0.05) is 0 Å². The van der Waals surface area contributed by atoms with E-state index >= 15 is 0 Å². The molecule has 1 saturated heterocycles. The van der Waals surface area contributed by atoms with Crippen molar-refractivity contribution in [3.05, 3.63) is 29.8 Å². The molecule has 5 heteroatoms. The average Bonchev–Trinajstić information content (AvgIpc) is 2.65. The van der Waals surface area contributed by atoms with E-state index in [0.717, 1.165) is 4.90 Å². The highest BCUT2D eigenvalue weighted by Crippen LogP contribution is 2.26. The van der Waals surface area contributed by atoms with Crippen molar-refractivity contribution in [1.29, 1.82) is 5.26 Å². The molecule has 0 unspecified atom stereocenters. The maximum atomic E-state index is 12.3. The normalized spacial score (nSPS) is 15.9. The van der Waals surface area contributed by atoms with E-state index in [2.05, 4.69) is 0 Å². The van der Waals surface area contributed by atoms with Crippen LogP contribution in [0.2, 0.25) is 0 Å². The highest BCUT2D eigenvalue weighted by Gasteiger charge is 2.42. The topological polar surface area (TPSA) is 64.4 Å². The number of amides is 3. The van der Waals surface area contributed by atoms with Crippen LogP contribution in [0.5, 0.6) is 0 Å². The highest BCUT2D eigenvalue weighted by molar-refractivity contribution is 6.20. The highest BCUT2D eigenvalue weighted by atomic mass is 16.2. The number of nitriles is 1. The predicted octanol–water partition coefficient (Wildman–Crippen LogP) is 2.13. The summed E-state index contributed by atoms with van der Waals surface area (Å²) in [5.41, 5.74) is 0.602. The van der Waals surface area contributed by atoms with Gasteiger partial charge in [-0.05, 0) is 45.0 Å².